The van der Waals surface area contributed by atoms with Gasteiger partial charge in [0.15, 0.2) is 0 Å². The molecular formula is C35H49NO3. The summed E-state index contributed by atoms with van der Waals surface area (Å²) < 4.78 is 0. The first-order valence-corrected chi connectivity index (χ1v) is 16.0. The highest BCUT2D eigenvalue weighted by Crippen LogP contribution is 2.67. The average Bonchev–Trinajstić information content (AvgIpc) is 3.39. The number of fused-ring (bicyclic) bond motifs is 6. The molecule has 0 bridgehead atoms. The lowest BCUT2D eigenvalue weighted by atomic mass is 9.47. The highest BCUT2D eigenvalue weighted by atomic mass is 16.3. The Morgan fingerprint density at radius 2 is 1.67 bits per heavy atom. The van der Waals surface area contributed by atoms with Gasteiger partial charge in [-0.15, -0.1) is 0 Å². The van der Waals surface area contributed by atoms with Gasteiger partial charge in [-0.05, 0) is 116 Å². The number of aliphatic hydroxyl groups excluding tert-OH is 1. The smallest absolute Gasteiger partial charge is 0.261 e. The van der Waals surface area contributed by atoms with Crippen molar-refractivity contribution in [2.24, 2.45) is 46.3 Å². The van der Waals surface area contributed by atoms with Crippen molar-refractivity contribution >= 4 is 11.8 Å². The summed E-state index contributed by atoms with van der Waals surface area (Å²) in [5.41, 5.74) is 3.47. The lowest BCUT2D eigenvalue weighted by Crippen LogP contribution is -2.50. The molecule has 1 aromatic rings. The number of hydrogen-bond acceptors (Lipinski definition) is 3. The van der Waals surface area contributed by atoms with E-state index in [-0.39, 0.29) is 17.9 Å². The fourth-order valence-electron chi connectivity index (χ4n) is 10.4. The lowest BCUT2D eigenvalue weighted by molar-refractivity contribution is -0.0573. The van der Waals surface area contributed by atoms with Crippen molar-refractivity contribution < 1.29 is 14.7 Å². The second kappa shape index (κ2) is 10.2. The zero-order valence-electron chi connectivity index (χ0n) is 24.6. The molecule has 1 unspecified atom stereocenters. The van der Waals surface area contributed by atoms with E-state index in [1.54, 1.807) is 17.7 Å². The van der Waals surface area contributed by atoms with Gasteiger partial charge in [0.2, 0.25) is 0 Å². The van der Waals surface area contributed by atoms with Gasteiger partial charge in [-0.25, -0.2) is 0 Å². The molecule has 0 aromatic heterocycles. The van der Waals surface area contributed by atoms with Crippen LogP contribution in [0.1, 0.15) is 119 Å². The molecule has 2 amide bonds. The summed E-state index contributed by atoms with van der Waals surface area (Å²) in [6.07, 6.45) is 15.7. The second-order valence-electron chi connectivity index (χ2n) is 14.7. The topological polar surface area (TPSA) is 57.6 Å². The number of amides is 2. The number of benzene rings is 1. The van der Waals surface area contributed by atoms with Gasteiger partial charge >= 0.3 is 0 Å². The number of imide groups is 1. The summed E-state index contributed by atoms with van der Waals surface area (Å²) in [5.74, 6) is 4.07. The largest absolute Gasteiger partial charge is 0.393 e. The third kappa shape index (κ3) is 4.44. The zero-order valence-corrected chi connectivity index (χ0v) is 24.6. The van der Waals surface area contributed by atoms with Gasteiger partial charge in [-0.2, -0.15) is 0 Å². The van der Waals surface area contributed by atoms with Crippen molar-refractivity contribution in [1.82, 2.24) is 4.90 Å². The van der Waals surface area contributed by atoms with Gasteiger partial charge in [0.05, 0.1) is 17.2 Å². The minimum absolute atomic E-state index is 0.123. The SMILES string of the molecule is CC(CCC[C@@H](C)[C@H]1CC[C@H]2[C@@H]3CC=C4C[C@@H](O)CC[C@]4(C)[C@H]3CC[C@]12C)CN1C(=O)c2ccccc2C1=O. The summed E-state index contributed by atoms with van der Waals surface area (Å²) in [6, 6.07) is 7.21. The number of allylic oxidation sites excluding steroid dienone is 1. The molecule has 0 spiro atoms. The minimum Gasteiger partial charge on any atom is -0.393 e. The van der Waals surface area contributed by atoms with Gasteiger partial charge in [-0.3, -0.25) is 14.5 Å². The van der Waals surface area contributed by atoms with Gasteiger partial charge in [0, 0.05) is 6.54 Å². The fraction of sp³-hybridized carbons (Fsp3) is 0.714. The molecule has 212 valence electrons. The van der Waals surface area contributed by atoms with E-state index in [9.17, 15) is 14.7 Å². The first-order chi connectivity index (χ1) is 18.6. The summed E-state index contributed by atoms with van der Waals surface area (Å²) in [5, 5.41) is 10.3. The quantitative estimate of drug-likeness (QED) is 0.290. The number of nitrogens with zero attached hydrogens (tertiary/aromatic N) is 1. The van der Waals surface area contributed by atoms with Crippen molar-refractivity contribution in [3.05, 3.63) is 47.0 Å². The third-order valence-corrected chi connectivity index (χ3v) is 12.6. The van der Waals surface area contributed by atoms with Gasteiger partial charge in [-0.1, -0.05) is 64.3 Å². The molecular weight excluding hydrogens is 482 g/mol. The Bertz CT molecular complexity index is 1120. The Hall–Kier alpha value is -1.94. The normalized spacial score (nSPS) is 38.9. The maximum atomic E-state index is 12.8. The van der Waals surface area contributed by atoms with Crippen LogP contribution in [0.4, 0.5) is 0 Å². The molecule has 0 saturated heterocycles. The maximum absolute atomic E-state index is 12.8. The van der Waals surface area contributed by atoms with Gasteiger partial charge in [0.25, 0.3) is 11.8 Å². The molecule has 1 aliphatic heterocycles. The van der Waals surface area contributed by atoms with E-state index in [2.05, 4.69) is 33.8 Å². The predicted molar refractivity (Wildman–Crippen MR) is 155 cm³/mol. The van der Waals surface area contributed by atoms with E-state index >= 15 is 0 Å². The molecule has 0 radical (unpaired) electrons. The van der Waals surface area contributed by atoms with Crippen LogP contribution < -0.4 is 0 Å². The van der Waals surface area contributed by atoms with Crippen LogP contribution in [0.25, 0.3) is 0 Å². The molecule has 9 atom stereocenters. The van der Waals surface area contributed by atoms with Crippen LogP contribution in [-0.4, -0.2) is 34.5 Å². The summed E-state index contributed by atoms with van der Waals surface area (Å²) in [7, 11) is 0. The minimum atomic E-state index is -0.126. The van der Waals surface area contributed by atoms with Crippen LogP contribution >= 0.6 is 0 Å². The number of aliphatic hydroxyl groups is 1. The van der Waals surface area contributed by atoms with E-state index in [4.69, 9.17) is 0 Å². The Labute approximate surface area is 235 Å². The summed E-state index contributed by atoms with van der Waals surface area (Å²) in [4.78, 5) is 27.0. The van der Waals surface area contributed by atoms with Crippen molar-refractivity contribution in [2.45, 2.75) is 104 Å². The van der Waals surface area contributed by atoms with Crippen LogP contribution in [0.2, 0.25) is 0 Å². The standard InChI is InChI=1S/C35H49NO3/c1-22(21-36-32(38)26-10-5-6-11-27(26)33(36)39)8-7-9-23(2)29-14-15-30-28-13-12-24-20-25(37)16-18-34(24,3)31(28)17-19-35(29,30)4/h5-6,10-12,22-23,25,28-31,37H,7-9,13-21H2,1-4H3/t22?,23-,25+,28+,29-,30+,31+,34+,35-/m1/s1. The first-order valence-electron chi connectivity index (χ1n) is 16.0. The first kappa shape index (κ1) is 27.2. The van der Waals surface area contributed by atoms with E-state index in [1.165, 1.54) is 56.3 Å². The van der Waals surface area contributed by atoms with Crippen LogP contribution in [-0.2, 0) is 0 Å². The zero-order chi connectivity index (χ0) is 27.5. The number of hydrogen-bond donors (Lipinski definition) is 1. The second-order valence-corrected chi connectivity index (χ2v) is 14.7. The van der Waals surface area contributed by atoms with Gasteiger partial charge in [0.1, 0.15) is 0 Å². The highest BCUT2D eigenvalue weighted by Gasteiger charge is 2.59. The molecule has 1 aromatic carbocycles. The monoisotopic (exact) mass is 531 g/mol. The van der Waals surface area contributed by atoms with Crippen LogP contribution in [0, 0.1) is 46.3 Å². The van der Waals surface area contributed by atoms with Crippen molar-refractivity contribution in [3.8, 4) is 0 Å². The molecule has 3 saturated carbocycles. The average molecular weight is 532 g/mol. The molecule has 4 nitrogen and oxygen atoms in total. The van der Waals surface area contributed by atoms with E-state index in [0.29, 0.717) is 34.4 Å². The molecule has 4 aliphatic carbocycles. The Morgan fingerprint density at radius 3 is 2.38 bits per heavy atom. The molecule has 4 heteroatoms. The van der Waals surface area contributed by atoms with E-state index in [1.807, 2.05) is 12.1 Å². The van der Waals surface area contributed by atoms with Crippen molar-refractivity contribution in [1.29, 1.82) is 0 Å². The van der Waals surface area contributed by atoms with Crippen LogP contribution in [0.5, 0.6) is 0 Å². The number of rotatable bonds is 7. The molecule has 6 rings (SSSR count). The summed E-state index contributed by atoms with van der Waals surface area (Å²) in [6.45, 7) is 10.4. The van der Waals surface area contributed by atoms with E-state index < -0.39 is 0 Å². The Kier molecular flexibility index (Phi) is 7.09. The molecule has 39 heavy (non-hydrogen) atoms. The van der Waals surface area contributed by atoms with E-state index in [0.717, 1.165) is 48.9 Å². The van der Waals surface area contributed by atoms with Gasteiger partial charge < -0.3 is 5.11 Å². The maximum Gasteiger partial charge on any atom is 0.261 e. The molecule has 5 aliphatic rings. The van der Waals surface area contributed by atoms with Crippen molar-refractivity contribution in [2.75, 3.05) is 6.54 Å². The highest BCUT2D eigenvalue weighted by molar-refractivity contribution is 6.21. The van der Waals surface area contributed by atoms with Crippen LogP contribution in [0.3, 0.4) is 0 Å². The molecule has 1 N–H and O–H groups in total. The lowest BCUT2D eigenvalue weighted by Gasteiger charge is -2.58. The van der Waals surface area contributed by atoms with Crippen LogP contribution in [0.15, 0.2) is 35.9 Å². The Balaban J connectivity index is 1.04. The molecule has 1 heterocycles. The predicted octanol–water partition coefficient (Wildman–Crippen LogP) is 7.67. The number of carbonyl (C=O) groups excluding carboxylic acids is 2. The summed E-state index contributed by atoms with van der Waals surface area (Å²) >= 11 is 0. The van der Waals surface area contributed by atoms with Crippen molar-refractivity contribution in [3.63, 3.8) is 0 Å². The third-order valence-electron chi connectivity index (χ3n) is 12.6. The Morgan fingerprint density at radius 1 is 0.949 bits per heavy atom. The fourth-order valence-corrected chi connectivity index (χ4v) is 10.4. The number of carbonyl (C=O) groups is 2. The molecule has 3 fully saturated rings.